The lowest BCUT2D eigenvalue weighted by molar-refractivity contribution is 0.716. The van der Waals surface area contributed by atoms with E-state index < -0.39 is 0 Å². The number of rotatable bonds is 9. The Morgan fingerprint density at radius 2 is 1.97 bits per heavy atom. The van der Waals surface area contributed by atoms with Crippen LogP contribution in [0.25, 0.3) is 0 Å². The molecule has 0 radical (unpaired) electrons. The number of aryl methyl sites for hydroxylation is 1. The molecule has 1 aromatic carbocycles. The van der Waals surface area contributed by atoms with E-state index in [1.54, 1.807) is 11.3 Å². The summed E-state index contributed by atoms with van der Waals surface area (Å²) < 4.78 is 2.14. The van der Waals surface area contributed by atoms with Crippen LogP contribution in [0.2, 0.25) is 0 Å². The van der Waals surface area contributed by atoms with Crippen LogP contribution in [0.15, 0.2) is 53.9 Å². The average Bonchev–Trinajstić information content (AvgIpc) is 3.36. The van der Waals surface area contributed by atoms with Gasteiger partial charge in [-0.25, -0.2) is 15.0 Å². The Morgan fingerprint density at radius 3 is 2.69 bits per heavy atom. The van der Waals surface area contributed by atoms with E-state index in [4.69, 9.17) is 4.99 Å². The van der Waals surface area contributed by atoms with Gasteiger partial charge < -0.3 is 15.2 Å². The van der Waals surface area contributed by atoms with Crippen molar-refractivity contribution in [3.05, 3.63) is 70.2 Å². The molecule has 0 aliphatic carbocycles. The van der Waals surface area contributed by atoms with Gasteiger partial charge in [-0.05, 0) is 18.9 Å². The SMILES string of the molecule is CCNC(=NCc1nccn1Cc1ccccc1)NCCc1ncc(CC)s1.I. The first-order valence-electron chi connectivity index (χ1n) is 9.78. The Kier molecular flexibility index (Phi) is 10.1. The first-order valence-corrected chi connectivity index (χ1v) is 10.6. The highest BCUT2D eigenvalue weighted by Gasteiger charge is 2.05. The molecule has 3 rings (SSSR count). The van der Waals surface area contributed by atoms with Crippen molar-refractivity contribution in [1.29, 1.82) is 0 Å². The smallest absolute Gasteiger partial charge is 0.191 e. The second-order valence-electron chi connectivity index (χ2n) is 6.40. The van der Waals surface area contributed by atoms with E-state index in [0.29, 0.717) is 6.54 Å². The molecule has 2 N–H and O–H groups in total. The van der Waals surface area contributed by atoms with Crippen LogP contribution in [-0.2, 0) is 25.9 Å². The molecule has 0 saturated carbocycles. The van der Waals surface area contributed by atoms with E-state index in [1.807, 2.05) is 24.7 Å². The van der Waals surface area contributed by atoms with E-state index in [-0.39, 0.29) is 24.0 Å². The summed E-state index contributed by atoms with van der Waals surface area (Å²) in [5.41, 5.74) is 1.26. The van der Waals surface area contributed by atoms with E-state index in [2.05, 4.69) is 63.3 Å². The van der Waals surface area contributed by atoms with Gasteiger partial charge in [-0.2, -0.15) is 0 Å². The van der Waals surface area contributed by atoms with Crippen LogP contribution in [0.3, 0.4) is 0 Å². The first kappa shape index (κ1) is 23.3. The number of benzene rings is 1. The van der Waals surface area contributed by atoms with Crippen LogP contribution in [0.1, 0.15) is 35.1 Å². The van der Waals surface area contributed by atoms with Crippen molar-refractivity contribution in [3.8, 4) is 0 Å². The zero-order valence-electron chi connectivity index (χ0n) is 17.0. The molecule has 8 heteroatoms. The van der Waals surface area contributed by atoms with Gasteiger partial charge in [0.1, 0.15) is 12.4 Å². The van der Waals surface area contributed by atoms with Gasteiger partial charge in [0.05, 0.1) is 5.01 Å². The Labute approximate surface area is 193 Å². The molecule has 0 fully saturated rings. The zero-order valence-corrected chi connectivity index (χ0v) is 20.1. The predicted octanol–water partition coefficient (Wildman–Crippen LogP) is 3.87. The zero-order chi connectivity index (χ0) is 19.6. The lowest BCUT2D eigenvalue weighted by Gasteiger charge is -2.11. The van der Waals surface area contributed by atoms with Crippen LogP contribution >= 0.6 is 35.3 Å². The van der Waals surface area contributed by atoms with Gasteiger partial charge in [-0.15, -0.1) is 35.3 Å². The summed E-state index contributed by atoms with van der Waals surface area (Å²) in [5.74, 6) is 1.76. The van der Waals surface area contributed by atoms with Crippen LogP contribution in [0, 0.1) is 0 Å². The second-order valence-corrected chi connectivity index (χ2v) is 7.60. The fourth-order valence-electron chi connectivity index (χ4n) is 2.82. The van der Waals surface area contributed by atoms with E-state index in [1.165, 1.54) is 15.4 Å². The Bertz CT molecular complexity index is 874. The Morgan fingerprint density at radius 1 is 1.14 bits per heavy atom. The molecule has 2 heterocycles. The number of thiazole rings is 1. The third kappa shape index (κ3) is 7.43. The van der Waals surface area contributed by atoms with Crippen molar-refractivity contribution >= 4 is 41.3 Å². The highest BCUT2D eigenvalue weighted by atomic mass is 127. The molecule has 0 amide bonds. The molecule has 3 aromatic rings. The van der Waals surface area contributed by atoms with Crippen LogP contribution in [0.5, 0.6) is 0 Å². The maximum atomic E-state index is 4.70. The summed E-state index contributed by atoms with van der Waals surface area (Å²) in [6.45, 7) is 7.20. The fourth-order valence-corrected chi connectivity index (χ4v) is 3.68. The maximum absolute atomic E-state index is 4.70. The molecule has 0 spiro atoms. The van der Waals surface area contributed by atoms with Gasteiger partial charge in [-0.1, -0.05) is 37.3 Å². The third-order valence-corrected chi connectivity index (χ3v) is 5.50. The first-order chi connectivity index (χ1) is 13.8. The highest BCUT2D eigenvalue weighted by molar-refractivity contribution is 14.0. The van der Waals surface area contributed by atoms with Crippen molar-refractivity contribution in [2.75, 3.05) is 13.1 Å². The van der Waals surface area contributed by atoms with Gasteiger partial charge in [0.25, 0.3) is 0 Å². The van der Waals surface area contributed by atoms with Crippen molar-refractivity contribution < 1.29 is 0 Å². The van der Waals surface area contributed by atoms with E-state index in [9.17, 15) is 0 Å². The monoisotopic (exact) mass is 524 g/mol. The van der Waals surface area contributed by atoms with Crippen LogP contribution in [0.4, 0.5) is 0 Å². The third-order valence-electron chi connectivity index (χ3n) is 4.30. The molecule has 2 aromatic heterocycles. The van der Waals surface area contributed by atoms with Crippen LogP contribution in [-0.4, -0.2) is 33.6 Å². The minimum absolute atomic E-state index is 0. The van der Waals surface area contributed by atoms with E-state index >= 15 is 0 Å². The highest BCUT2D eigenvalue weighted by Crippen LogP contribution is 2.13. The summed E-state index contributed by atoms with van der Waals surface area (Å²) in [5, 5.41) is 7.86. The molecular weight excluding hydrogens is 495 g/mol. The van der Waals surface area contributed by atoms with Gasteiger partial charge >= 0.3 is 0 Å². The Hall–Kier alpha value is -1.94. The fraction of sp³-hybridized carbons (Fsp3) is 0.381. The van der Waals surface area contributed by atoms with Crippen molar-refractivity contribution in [2.24, 2.45) is 4.99 Å². The molecule has 0 aliphatic heterocycles. The summed E-state index contributed by atoms with van der Waals surface area (Å²) in [6, 6.07) is 10.4. The number of nitrogens with zero attached hydrogens (tertiary/aromatic N) is 4. The molecule has 0 saturated heterocycles. The normalized spacial score (nSPS) is 11.2. The lowest BCUT2D eigenvalue weighted by atomic mass is 10.2. The number of hydrogen-bond donors (Lipinski definition) is 2. The molecule has 156 valence electrons. The van der Waals surface area contributed by atoms with Gasteiger partial charge in [0, 0.05) is 49.5 Å². The number of aliphatic imine (C=N–C) groups is 1. The number of guanidine groups is 1. The number of hydrogen-bond acceptors (Lipinski definition) is 4. The summed E-state index contributed by atoms with van der Waals surface area (Å²) in [6.07, 6.45) is 7.77. The molecular formula is C21H29IN6S. The molecule has 29 heavy (non-hydrogen) atoms. The van der Waals surface area contributed by atoms with Crippen molar-refractivity contribution in [2.45, 2.75) is 39.8 Å². The summed E-state index contributed by atoms with van der Waals surface area (Å²) in [4.78, 5) is 15.0. The van der Waals surface area contributed by atoms with E-state index in [0.717, 1.165) is 44.3 Å². The van der Waals surface area contributed by atoms with Crippen molar-refractivity contribution in [3.63, 3.8) is 0 Å². The number of nitrogens with one attached hydrogen (secondary N) is 2. The van der Waals surface area contributed by atoms with Crippen molar-refractivity contribution in [1.82, 2.24) is 25.2 Å². The average molecular weight is 524 g/mol. The molecule has 0 unspecified atom stereocenters. The summed E-state index contributed by atoms with van der Waals surface area (Å²) >= 11 is 1.79. The minimum Gasteiger partial charge on any atom is -0.357 e. The minimum atomic E-state index is 0. The van der Waals surface area contributed by atoms with Crippen LogP contribution < -0.4 is 10.6 Å². The number of imidazole rings is 1. The molecule has 0 bridgehead atoms. The molecule has 0 atom stereocenters. The topological polar surface area (TPSA) is 67.1 Å². The molecule has 6 nitrogen and oxygen atoms in total. The van der Waals surface area contributed by atoms with Gasteiger partial charge in [-0.3, -0.25) is 0 Å². The maximum Gasteiger partial charge on any atom is 0.191 e. The van der Waals surface area contributed by atoms with Gasteiger partial charge in [0.2, 0.25) is 0 Å². The second kappa shape index (κ2) is 12.6. The number of aromatic nitrogens is 3. The lowest BCUT2D eigenvalue weighted by Crippen LogP contribution is -2.38. The van der Waals surface area contributed by atoms with Gasteiger partial charge in [0.15, 0.2) is 5.96 Å². The standard InChI is InChI=1S/C21H28N6S.HI/c1-3-18-14-25-20(28-18)10-11-24-21(22-4-2)26-15-19-23-12-13-27(19)16-17-8-6-5-7-9-17;/h5-9,12-14H,3-4,10-11,15-16H2,1-2H3,(H2,22,24,26);1H. The predicted molar refractivity (Wildman–Crippen MR) is 131 cm³/mol. The Balaban J connectivity index is 0.00000300. The quantitative estimate of drug-likeness (QED) is 0.254. The summed E-state index contributed by atoms with van der Waals surface area (Å²) in [7, 11) is 0. The largest absolute Gasteiger partial charge is 0.357 e. The number of halogens is 1. The molecule has 0 aliphatic rings.